The lowest BCUT2D eigenvalue weighted by Gasteiger charge is -2.28. The first kappa shape index (κ1) is 15.3. The maximum absolute atomic E-state index is 12.7. The molecule has 1 aromatic carbocycles. The van der Waals surface area contributed by atoms with Crippen LogP contribution in [0, 0.1) is 0 Å². The number of allylic oxidation sites excluding steroid dienone is 1. The van der Waals surface area contributed by atoms with Crippen LogP contribution >= 0.6 is 0 Å². The largest absolute Gasteiger partial charge is 0.349 e. The summed E-state index contributed by atoms with van der Waals surface area (Å²) in [7, 11) is 0. The SMILES string of the molecule is C/C=C1/c2ccccc2N(C(C)=O)C1C(=O)NC(C)(C)C. The zero-order chi connectivity index (χ0) is 15.8. The third kappa shape index (κ3) is 2.84. The number of carbonyl (C=O) groups excluding carboxylic acids is 2. The lowest BCUT2D eigenvalue weighted by Crippen LogP contribution is -2.52. The van der Waals surface area contributed by atoms with E-state index in [0.29, 0.717) is 0 Å². The van der Waals surface area contributed by atoms with Crippen molar-refractivity contribution in [2.45, 2.75) is 46.2 Å². The maximum Gasteiger partial charge on any atom is 0.248 e. The molecule has 21 heavy (non-hydrogen) atoms. The maximum atomic E-state index is 12.7. The van der Waals surface area contributed by atoms with Gasteiger partial charge in [-0.25, -0.2) is 0 Å². The average molecular weight is 286 g/mol. The molecule has 0 fully saturated rings. The van der Waals surface area contributed by atoms with Gasteiger partial charge in [-0.1, -0.05) is 24.3 Å². The molecule has 0 aromatic heterocycles. The van der Waals surface area contributed by atoms with Crippen LogP contribution in [0.5, 0.6) is 0 Å². The van der Waals surface area contributed by atoms with Crippen molar-refractivity contribution < 1.29 is 9.59 Å². The van der Waals surface area contributed by atoms with Crippen molar-refractivity contribution in [2.75, 3.05) is 4.90 Å². The molecule has 1 aromatic rings. The Morgan fingerprint density at radius 2 is 1.86 bits per heavy atom. The van der Waals surface area contributed by atoms with Crippen LogP contribution in [-0.4, -0.2) is 23.4 Å². The van der Waals surface area contributed by atoms with E-state index >= 15 is 0 Å². The van der Waals surface area contributed by atoms with Crippen molar-refractivity contribution in [1.29, 1.82) is 0 Å². The second kappa shape index (κ2) is 5.35. The molecule has 0 aliphatic carbocycles. The van der Waals surface area contributed by atoms with E-state index in [1.54, 1.807) is 4.90 Å². The Bertz CT molecular complexity index is 611. The second-order valence-corrected chi connectivity index (χ2v) is 6.29. The summed E-state index contributed by atoms with van der Waals surface area (Å²) in [6, 6.07) is 7.04. The summed E-state index contributed by atoms with van der Waals surface area (Å²) in [6.45, 7) is 9.18. The van der Waals surface area contributed by atoms with Gasteiger partial charge in [0, 0.05) is 18.0 Å². The Morgan fingerprint density at radius 1 is 1.24 bits per heavy atom. The molecular weight excluding hydrogens is 264 g/mol. The Kier molecular flexibility index (Phi) is 3.90. The number of nitrogens with one attached hydrogen (secondary N) is 1. The third-order valence-corrected chi connectivity index (χ3v) is 3.42. The topological polar surface area (TPSA) is 49.4 Å². The molecule has 4 heteroatoms. The Morgan fingerprint density at radius 3 is 2.38 bits per heavy atom. The van der Waals surface area contributed by atoms with E-state index in [4.69, 9.17) is 0 Å². The van der Waals surface area contributed by atoms with Crippen LogP contribution < -0.4 is 10.2 Å². The fourth-order valence-corrected chi connectivity index (χ4v) is 2.71. The van der Waals surface area contributed by atoms with Gasteiger partial charge in [0.2, 0.25) is 11.8 Å². The molecule has 1 N–H and O–H groups in total. The highest BCUT2D eigenvalue weighted by Crippen LogP contribution is 2.40. The smallest absolute Gasteiger partial charge is 0.248 e. The molecule has 0 bridgehead atoms. The third-order valence-electron chi connectivity index (χ3n) is 3.42. The van der Waals surface area contributed by atoms with Crippen LogP contribution in [-0.2, 0) is 9.59 Å². The Hall–Kier alpha value is -2.10. The molecular formula is C17H22N2O2. The van der Waals surface area contributed by atoms with Crippen LogP contribution in [0.1, 0.15) is 40.2 Å². The molecule has 1 aliphatic rings. The summed E-state index contributed by atoms with van der Waals surface area (Å²) in [6.07, 6.45) is 1.91. The molecule has 2 rings (SSSR count). The van der Waals surface area contributed by atoms with Gasteiger partial charge in [-0.05, 0) is 39.3 Å². The van der Waals surface area contributed by atoms with Gasteiger partial charge in [0.05, 0.1) is 5.69 Å². The van der Waals surface area contributed by atoms with E-state index in [2.05, 4.69) is 5.32 Å². The molecule has 2 amide bonds. The van der Waals surface area contributed by atoms with Gasteiger partial charge < -0.3 is 5.32 Å². The minimum absolute atomic E-state index is 0.131. The van der Waals surface area contributed by atoms with E-state index in [0.717, 1.165) is 16.8 Å². The van der Waals surface area contributed by atoms with Crippen LogP contribution in [0.2, 0.25) is 0 Å². The van der Waals surface area contributed by atoms with Gasteiger partial charge in [0.1, 0.15) is 6.04 Å². The minimum atomic E-state index is -0.593. The summed E-state index contributed by atoms with van der Waals surface area (Å²) in [5, 5.41) is 2.97. The second-order valence-electron chi connectivity index (χ2n) is 6.29. The highest BCUT2D eigenvalue weighted by Gasteiger charge is 2.41. The Balaban J connectivity index is 2.50. The molecule has 1 unspecified atom stereocenters. The number of carbonyl (C=O) groups is 2. The first-order valence-corrected chi connectivity index (χ1v) is 7.13. The highest BCUT2D eigenvalue weighted by atomic mass is 16.2. The predicted octanol–water partition coefficient (Wildman–Crippen LogP) is 2.74. The van der Waals surface area contributed by atoms with Crippen LogP contribution in [0.15, 0.2) is 30.3 Å². The number of nitrogens with zero attached hydrogens (tertiary/aromatic N) is 1. The van der Waals surface area contributed by atoms with Gasteiger partial charge in [-0.3, -0.25) is 14.5 Å². The fourth-order valence-electron chi connectivity index (χ4n) is 2.71. The van der Waals surface area contributed by atoms with Crippen LogP contribution in [0.4, 0.5) is 5.69 Å². The number of anilines is 1. The van der Waals surface area contributed by atoms with E-state index in [1.807, 2.05) is 58.0 Å². The van der Waals surface area contributed by atoms with E-state index < -0.39 is 6.04 Å². The summed E-state index contributed by atoms with van der Waals surface area (Å²) in [5.41, 5.74) is 2.28. The molecule has 0 radical (unpaired) electrons. The first-order chi connectivity index (χ1) is 9.76. The van der Waals surface area contributed by atoms with Crippen molar-refractivity contribution in [1.82, 2.24) is 5.32 Å². The van der Waals surface area contributed by atoms with Gasteiger partial charge >= 0.3 is 0 Å². The van der Waals surface area contributed by atoms with Crippen LogP contribution in [0.3, 0.4) is 0 Å². The zero-order valence-electron chi connectivity index (χ0n) is 13.2. The minimum Gasteiger partial charge on any atom is -0.349 e. The molecule has 0 saturated heterocycles. The van der Waals surface area contributed by atoms with Gasteiger partial charge in [0.25, 0.3) is 0 Å². The Labute approximate surface area is 125 Å². The zero-order valence-corrected chi connectivity index (χ0v) is 13.2. The first-order valence-electron chi connectivity index (χ1n) is 7.13. The lowest BCUT2D eigenvalue weighted by molar-refractivity contribution is -0.125. The van der Waals surface area contributed by atoms with E-state index in [1.165, 1.54) is 6.92 Å². The normalized spacial score (nSPS) is 19.6. The summed E-state index contributed by atoms with van der Waals surface area (Å²) < 4.78 is 0. The number of para-hydroxylation sites is 1. The molecule has 1 atom stereocenters. The van der Waals surface area contributed by atoms with E-state index in [-0.39, 0.29) is 17.4 Å². The summed E-state index contributed by atoms with van der Waals surface area (Å²) in [4.78, 5) is 26.3. The number of hydrogen-bond donors (Lipinski definition) is 1. The van der Waals surface area contributed by atoms with Crippen molar-refractivity contribution in [3.05, 3.63) is 35.9 Å². The summed E-state index contributed by atoms with van der Waals surface area (Å²) >= 11 is 0. The molecule has 0 spiro atoms. The number of fused-ring (bicyclic) bond motifs is 1. The monoisotopic (exact) mass is 286 g/mol. The molecule has 1 aliphatic heterocycles. The van der Waals surface area contributed by atoms with Crippen molar-refractivity contribution >= 4 is 23.1 Å². The summed E-state index contributed by atoms with van der Waals surface area (Å²) in [5.74, 6) is -0.282. The van der Waals surface area contributed by atoms with Crippen LogP contribution in [0.25, 0.3) is 5.57 Å². The molecule has 112 valence electrons. The number of hydrogen-bond acceptors (Lipinski definition) is 2. The fraction of sp³-hybridized carbons (Fsp3) is 0.412. The standard InChI is InChI=1S/C17H22N2O2/c1-6-12-13-9-7-8-10-14(13)19(11(2)20)15(12)16(21)18-17(3,4)5/h6-10,15H,1-5H3,(H,18,21)/b12-6-. The number of amides is 2. The number of rotatable bonds is 1. The van der Waals surface area contributed by atoms with Crippen molar-refractivity contribution in [2.24, 2.45) is 0 Å². The molecule has 0 saturated carbocycles. The van der Waals surface area contributed by atoms with Gasteiger partial charge in [0.15, 0.2) is 0 Å². The van der Waals surface area contributed by atoms with Gasteiger partial charge in [-0.2, -0.15) is 0 Å². The van der Waals surface area contributed by atoms with E-state index in [9.17, 15) is 9.59 Å². The van der Waals surface area contributed by atoms with Gasteiger partial charge in [-0.15, -0.1) is 0 Å². The quantitative estimate of drug-likeness (QED) is 0.863. The average Bonchev–Trinajstić information content (AvgIpc) is 2.71. The predicted molar refractivity (Wildman–Crippen MR) is 84.9 cm³/mol. The van der Waals surface area contributed by atoms with Crippen molar-refractivity contribution in [3.63, 3.8) is 0 Å². The molecule has 4 nitrogen and oxygen atoms in total. The lowest BCUT2D eigenvalue weighted by atomic mass is 10.00. The molecule has 1 heterocycles. The number of benzene rings is 1. The van der Waals surface area contributed by atoms with Crippen molar-refractivity contribution in [3.8, 4) is 0 Å². The highest BCUT2D eigenvalue weighted by molar-refractivity contribution is 6.13.